The Morgan fingerprint density at radius 3 is 2.64 bits per heavy atom. The van der Waals surface area contributed by atoms with Crippen molar-refractivity contribution in [3.63, 3.8) is 0 Å². The van der Waals surface area contributed by atoms with Gasteiger partial charge in [0.1, 0.15) is 5.69 Å². The summed E-state index contributed by atoms with van der Waals surface area (Å²) in [7, 11) is 2.67. The van der Waals surface area contributed by atoms with E-state index in [0.29, 0.717) is 5.69 Å². The molecule has 0 N–H and O–H groups in total. The fraction of sp³-hybridized carbons (Fsp3) is 0.429. The van der Waals surface area contributed by atoms with Crippen molar-refractivity contribution in [1.29, 1.82) is 0 Å². The van der Waals surface area contributed by atoms with Crippen molar-refractivity contribution < 1.29 is 14.5 Å². The minimum atomic E-state index is -0.805. The Bertz CT molecular complexity index is 396. The number of aryl methyl sites for hydroxylation is 1. The number of aromatic nitrogens is 2. The summed E-state index contributed by atoms with van der Waals surface area (Å²) in [5.41, 5.74) is -0.257. The number of ether oxygens (including phenoxy) is 1. The predicted octanol–water partition coefficient (Wildman–Crippen LogP) is 0.423. The van der Waals surface area contributed by atoms with Crippen molar-refractivity contribution in [2.24, 2.45) is 7.05 Å². The van der Waals surface area contributed by atoms with Gasteiger partial charge in [0.15, 0.2) is 0 Å². The minimum Gasteiger partial charge on any atom is -0.464 e. The van der Waals surface area contributed by atoms with E-state index in [1.165, 1.54) is 18.7 Å². The van der Waals surface area contributed by atoms with Crippen LogP contribution >= 0.6 is 0 Å². The second-order valence-corrected chi connectivity index (χ2v) is 2.65. The van der Waals surface area contributed by atoms with E-state index in [1.807, 2.05) is 0 Å². The van der Waals surface area contributed by atoms with Crippen LogP contribution < -0.4 is 0 Å². The van der Waals surface area contributed by atoms with Gasteiger partial charge in [0, 0.05) is 7.05 Å². The van der Waals surface area contributed by atoms with Gasteiger partial charge in [-0.15, -0.1) is 0 Å². The zero-order valence-corrected chi connectivity index (χ0v) is 7.97. The lowest BCUT2D eigenvalue weighted by atomic mass is 10.3. The van der Waals surface area contributed by atoms with Crippen LogP contribution in [0.1, 0.15) is 16.2 Å². The molecule has 14 heavy (non-hydrogen) atoms. The molecule has 7 nitrogen and oxygen atoms in total. The van der Waals surface area contributed by atoms with Crippen LogP contribution in [-0.4, -0.2) is 27.8 Å². The molecule has 76 valence electrons. The Morgan fingerprint density at radius 1 is 1.64 bits per heavy atom. The maximum absolute atomic E-state index is 11.1. The minimum absolute atomic E-state index is 0.266. The fourth-order valence-electron chi connectivity index (χ4n) is 1.05. The van der Waals surface area contributed by atoms with Crippen LogP contribution in [0.5, 0.6) is 0 Å². The smallest absolute Gasteiger partial charge is 0.365 e. The summed E-state index contributed by atoms with van der Waals surface area (Å²) in [6.45, 7) is 1.51. The van der Waals surface area contributed by atoms with Crippen molar-refractivity contribution in [1.82, 2.24) is 9.78 Å². The van der Waals surface area contributed by atoms with Gasteiger partial charge in [-0.1, -0.05) is 0 Å². The lowest BCUT2D eigenvalue weighted by molar-refractivity contribution is -0.385. The Hall–Kier alpha value is -1.92. The van der Waals surface area contributed by atoms with Crippen molar-refractivity contribution in [3.05, 3.63) is 21.5 Å². The number of carbonyl (C=O) groups excluding carboxylic acids is 1. The summed E-state index contributed by atoms with van der Waals surface area (Å²) >= 11 is 0. The highest BCUT2D eigenvalue weighted by Gasteiger charge is 2.29. The average molecular weight is 199 g/mol. The summed E-state index contributed by atoms with van der Waals surface area (Å²) in [6, 6.07) is 0. The molecule has 0 fully saturated rings. The number of hydrogen-bond acceptors (Lipinski definition) is 5. The third kappa shape index (κ3) is 1.43. The Kier molecular flexibility index (Phi) is 2.50. The van der Waals surface area contributed by atoms with Gasteiger partial charge in [-0.3, -0.25) is 14.8 Å². The van der Waals surface area contributed by atoms with Gasteiger partial charge in [0.2, 0.25) is 5.69 Å². The van der Waals surface area contributed by atoms with E-state index >= 15 is 0 Å². The SMILES string of the molecule is COC(=O)c1nn(C)c(C)c1[N+](=O)[O-]. The molecule has 0 aromatic carbocycles. The molecule has 0 unspecified atom stereocenters. The van der Waals surface area contributed by atoms with Crippen molar-refractivity contribution in [2.75, 3.05) is 7.11 Å². The van der Waals surface area contributed by atoms with Gasteiger partial charge in [-0.2, -0.15) is 5.10 Å². The average Bonchev–Trinajstić information content (AvgIpc) is 2.42. The largest absolute Gasteiger partial charge is 0.464 e. The molecule has 0 bridgehead atoms. The maximum atomic E-state index is 11.1. The highest BCUT2D eigenvalue weighted by Crippen LogP contribution is 2.22. The molecule has 0 amide bonds. The Labute approximate surface area is 79.4 Å². The van der Waals surface area contributed by atoms with Crippen LogP contribution in [0.15, 0.2) is 0 Å². The third-order valence-electron chi connectivity index (χ3n) is 1.86. The van der Waals surface area contributed by atoms with Crippen molar-refractivity contribution >= 4 is 11.7 Å². The third-order valence-corrected chi connectivity index (χ3v) is 1.86. The highest BCUT2D eigenvalue weighted by atomic mass is 16.6. The molecule has 1 aromatic heterocycles. The molecule has 1 aromatic rings. The number of methoxy groups -OCH3 is 1. The van der Waals surface area contributed by atoms with Crippen LogP contribution in [0.25, 0.3) is 0 Å². The number of rotatable bonds is 2. The van der Waals surface area contributed by atoms with Gasteiger partial charge < -0.3 is 4.74 Å². The van der Waals surface area contributed by atoms with Crippen LogP contribution in [0.2, 0.25) is 0 Å². The van der Waals surface area contributed by atoms with E-state index in [2.05, 4.69) is 9.84 Å². The molecule has 0 aliphatic heterocycles. The van der Waals surface area contributed by atoms with Gasteiger partial charge in [-0.25, -0.2) is 4.79 Å². The predicted molar refractivity (Wildman–Crippen MR) is 45.9 cm³/mol. The topological polar surface area (TPSA) is 87.3 Å². The van der Waals surface area contributed by atoms with E-state index in [1.54, 1.807) is 0 Å². The Morgan fingerprint density at radius 2 is 2.21 bits per heavy atom. The number of hydrogen-bond donors (Lipinski definition) is 0. The summed E-state index contributed by atoms with van der Waals surface area (Å²) in [5, 5.41) is 14.3. The van der Waals surface area contributed by atoms with Crippen LogP contribution in [0, 0.1) is 17.0 Å². The van der Waals surface area contributed by atoms with Gasteiger partial charge in [-0.05, 0) is 6.92 Å². The van der Waals surface area contributed by atoms with Crippen LogP contribution in [0.3, 0.4) is 0 Å². The molecule has 0 aliphatic carbocycles. The molecule has 0 radical (unpaired) electrons. The molecule has 7 heteroatoms. The van der Waals surface area contributed by atoms with Gasteiger partial charge in [0.25, 0.3) is 0 Å². The monoisotopic (exact) mass is 199 g/mol. The molecular weight excluding hydrogens is 190 g/mol. The normalized spacial score (nSPS) is 9.93. The van der Waals surface area contributed by atoms with E-state index in [4.69, 9.17) is 0 Å². The van der Waals surface area contributed by atoms with Crippen molar-refractivity contribution in [3.8, 4) is 0 Å². The number of carbonyl (C=O) groups is 1. The molecule has 0 saturated carbocycles. The number of nitrogens with zero attached hydrogens (tertiary/aromatic N) is 3. The Balaban J connectivity index is 3.36. The summed E-state index contributed by atoms with van der Waals surface area (Å²) in [4.78, 5) is 21.1. The first kappa shape index (κ1) is 10.2. The molecule has 0 atom stereocenters. The van der Waals surface area contributed by atoms with E-state index in [9.17, 15) is 14.9 Å². The summed E-state index contributed by atoms with van der Waals surface area (Å²) in [6.07, 6.45) is 0. The maximum Gasteiger partial charge on any atom is 0.365 e. The van der Waals surface area contributed by atoms with Crippen LogP contribution in [-0.2, 0) is 11.8 Å². The lowest BCUT2D eigenvalue weighted by Crippen LogP contribution is -2.05. The second kappa shape index (κ2) is 3.44. The molecule has 0 saturated heterocycles. The van der Waals surface area contributed by atoms with E-state index in [-0.39, 0.29) is 11.4 Å². The molecule has 1 rings (SSSR count). The van der Waals surface area contributed by atoms with Crippen LogP contribution in [0.4, 0.5) is 5.69 Å². The first-order valence-corrected chi connectivity index (χ1v) is 3.75. The zero-order chi connectivity index (χ0) is 10.9. The molecule has 0 spiro atoms. The van der Waals surface area contributed by atoms with E-state index < -0.39 is 10.9 Å². The lowest BCUT2D eigenvalue weighted by Gasteiger charge is -1.92. The summed E-state index contributed by atoms with van der Waals surface area (Å²) < 4.78 is 5.64. The molecular formula is C7H9N3O4. The fourth-order valence-corrected chi connectivity index (χ4v) is 1.05. The zero-order valence-electron chi connectivity index (χ0n) is 7.97. The molecule has 1 heterocycles. The van der Waals surface area contributed by atoms with Crippen molar-refractivity contribution in [2.45, 2.75) is 6.92 Å². The quantitative estimate of drug-likeness (QED) is 0.391. The van der Waals surface area contributed by atoms with Gasteiger partial charge >= 0.3 is 11.7 Å². The second-order valence-electron chi connectivity index (χ2n) is 2.65. The number of esters is 1. The highest BCUT2D eigenvalue weighted by molar-refractivity contribution is 5.92. The first-order valence-electron chi connectivity index (χ1n) is 3.75. The molecule has 0 aliphatic rings. The number of nitro groups is 1. The van der Waals surface area contributed by atoms with E-state index in [0.717, 1.165) is 7.11 Å². The van der Waals surface area contributed by atoms with Gasteiger partial charge in [0.05, 0.1) is 12.0 Å². The summed E-state index contributed by atoms with van der Waals surface area (Å²) in [5.74, 6) is -0.805. The standard InChI is InChI=1S/C7H9N3O4/c1-4-6(10(12)13)5(7(11)14-3)8-9(4)2/h1-3H3. The first-order chi connectivity index (χ1) is 6.49.